The smallest absolute Gasteiger partial charge is 0.306 e. The SMILES string of the molecule is CC/C=C\C/C=C\C/C=C\CCCCCCCCCC(=O)OCC(COC(=O)CCCCCCCCCCCCCCCC/C=C\C/C=C\C/C=C\CCCCCCC)OC(=O)CCCCCCCCC/C=C\C/C=C\CCCCCC. The minimum atomic E-state index is -0.789. The molecule has 0 aromatic rings. The molecular formula is C76H132O6. The molecule has 0 radical (unpaired) electrons. The van der Waals surface area contributed by atoms with Crippen LogP contribution < -0.4 is 0 Å². The Hall–Kier alpha value is -3.67. The van der Waals surface area contributed by atoms with Gasteiger partial charge in [0.1, 0.15) is 13.2 Å². The molecule has 1 unspecified atom stereocenters. The second kappa shape index (κ2) is 69.8. The van der Waals surface area contributed by atoms with Crippen LogP contribution in [0.15, 0.2) is 97.2 Å². The number of unbranched alkanes of at least 4 members (excludes halogenated alkanes) is 37. The first-order chi connectivity index (χ1) is 40.5. The normalized spacial score (nSPS) is 12.7. The lowest BCUT2D eigenvalue weighted by Crippen LogP contribution is -2.30. The zero-order valence-electron chi connectivity index (χ0n) is 54.2. The summed E-state index contributed by atoms with van der Waals surface area (Å²) in [7, 11) is 0. The molecule has 0 aliphatic heterocycles. The van der Waals surface area contributed by atoms with E-state index in [1.807, 2.05) is 0 Å². The molecule has 0 bridgehead atoms. The maximum absolute atomic E-state index is 12.9. The molecule has 0 fully saturated rings. The zero-order chi connectivity index (χ0) is 59.2. The second-order valence-corrected chi connectivity index (χ2v) is 23.4. The van der Waals surface area contributed by atoms with Crippen LogP contribution in [0.4, 0.5) is 0 Å². The van der Waals surface area contributed by atoms with E-state index < -0.39 is 6.10 Å². The van der Waals surface area contributed by atoms with Crippen LogP contribution in [0.25, 0.3) is 0 Å². The van der Waals surface area contributed by atoms with Crippen LogP contribution >= 0.6 is 0 Å². The molecule has 0 saturated carbocycles. The van der Waals surface area contributed by atoms with Gasteiger partial charge >= 0.3 is 17.9 Å². The molecule has 0 aliphatic rings. The molecule has 0 rings (SSSR count). The van der Waals surface area contributed by atoms with Crippen molar-refractivity contribution in [1.82, 2.24) is 0 Å². The summed E-state index contributed by atoms with van der Waals surface area (Å²) >= 11 is 0. The average Bonchev–Trinajstić information content (AvgIpc) is 3.47. The number of esters is 3. The lowest BCUT2D eigenvalue weighted by Gasteiger charge is -2.18. The fraction of sp³-hybridized carbons (Fsp3) is 0.750. The van der Waals surface area contributed by atoms with Crippen molar-refractivity contribution in [3.05, 3.63) is 97.2 Å². The van der Waals surface area contributed by atoms with Crippen LogP contribution in [0.1, 0.15) is 348 Å². The van der Waals surface area contributed by atoms with Gasteiger partial charge < -0.3 is 14.2 Å². The number of ether oxygens (including phenoxy) is 3. The summed E-state index contributed by atoms with van der Waals surface area (Å²) < 4.78 is 17.0. The third-order valence-electron chi connectivity index (χ3n) is 15.3. The Bertz CT molecular complexity index is 1590. The maximum atomic E-state index is 12.9. The summed E-state index contributed by atoms with van der Waals surface area (Å²) in [5.74, 6) is -0.887. The van der Waals surface area contributed by atoms with Crippen molar-refractivity contribution in [1.29, 1.82) is 0 Å². The highest BCUT2D eigenvalue weighted by Crippen LogP contribution is 2.17. The molecule has 6 heteroatoms. The molecule has 0 heterocycles. The van der Waals surface area contributed by atoms with Crippen LogP contribution in [0, 0.1) is 0 Å². The highest BCUT2D eigenvalue weighted by atomic mass is 16.6. The Labute approximate surface area is 508 Å². The Kier molecular flexibility index (Phi) is 66.7. The van der Waals surface area contributed by atoms with Gasteiger partial charge in [0, 0.05) is 19.3 Å². The van der Waals surface area contributed by atoms with Crippen LogP contribution in [0.5, 0.6) is 0 Å². The third kappa shape index (κ3) is 67.1. The van der Waals surface area contributed by atoms with E-state index in [2.05, 4.69) is 118 Å². The molecule has 472 valence electrons. The van der Waals surface area contributed by atoms with Crippen LogP contribution in [0.2, 0.25) is 0 Å². The van der Waals surface area contributed by atoms with Crippen molar-refractivity contribution >= 4 is 17.9 Å². The summed E-state index contributed by atoms with van der Waals surface area (Å²) in [5, 5.41) is 0. The average molecular weight is 1140 g/mol. The molecule has 0 aromatic heterocycles. The highest BCUT2D eigenvalue weighted by molar-refractivity contribution is 5.71. The van der Waals surface area contributed by atoms with Gasteiger partial charge in [-0.15, -0.1) is 0 Å². The van der Waals surface area contributed by atoms with Crippen LogP contribution in [-0.2, 0) is 28.6 Å². The summed E-state index contributed by atoms with van der Waals surface area (Å²) in [6, 6.07) is 0. The summed E-state index contributed by atoms with van der Waals surface area (Å²) in [6.07, 6.45) is 94.3. The number of rotatable bonds is 64. The number of hydrogen-bond donors (Lipinski definition) is 0. The molecule has 0 saturated heterocycles. The van der Waals surface area contributed by atoms with E-state index in [1.165, 1.54) is 199 Å². The predicted octanol–water partition coefficient (Wildman–Crippen LogP) is 24.4. The first-order valence-electron chi connectivity index (χ1n) is 35.2. The molecule has 0 spiro atoms. The molecular weight excluding hydrogens is 1010 g/mol. The first-order valence-corrected chi connectivity index (χ1v) is 35.2. The van der Waals surface area contributed by atoms with E-state index in [-0.39, 0.29) is 31.1 Å². The molecule has 82 heavy (non-hydrogen) atoms. The molecule has 0 aliphatic carbocycles. The fourth-order valence-electron chi connectivity index (χ4n) is 10.0. The lowest BCUT2D eigenvalue weighted by atomic mass is 10.0. The Balaban J connectivity index is 4.31. The Morgan fingerprint density at radius 2 is 0.476 bits per heavy atom. The van der Waals surface area contributed by atoms with Crippen molar-refractivity contribution < 1.29 is 28.6 Å². The van der Waals surface area contributed by atoms with Gasteiger partial charge in [-0.25, -0.2) is 0 Å². The maximum Gasteiger partial charge on any atom is 0.306 e. The van der Waals surface area contributed by atoms with Crippen molar-refractivity contribution in [2.75, 3.05) is 13.2 Å². The lowest BCUT2D eigenvalue weighted by molar-refractivity contribution is -0.167. The number of allylic oxidation sites excluding steroid dienone is 16. The van der Waals surface area contributed by atoms with Gasteiger partial charge in [0.05, 0.1) is 0 Å². The summed E-state index contributed by atoms with van der Waals surface area (Å²) in [5.41, 5.74) is 0. The van der Waals surface area contributed by atoms with Gasteiger partial charge in [0.25, 0.3) is 0 Å². The number of carbonyl (C=O) groups is 3. The van der Waals surface area contributed by atoms with Crippen LogP contribution in [0.3, 0.4) is 0 Å². The summed E-state index contributed by atoms with van der Waals surface area (Å²) in [4.78, 5) is 38.5. The monoisotopic (exact) mass is 1140 g/mol. The molecule has 0 aromatic carbocycles. The molecule has 0 amide bonds. The topological polar surface area (TPSA) is 78.9 Å². The molecule has 1 atom stereocenters. The van der Waals surface area contributed by atoms with Crippen molar-refractivity contribution in [3.63, 3.8) is 0 Å². The minimum Gasteiger partial charge on any atom is -0.462 e. The Morgan fingerprint density at radius 1 is 0.256 bits per heavy atom. The quantitative estimate of drug-likeness (QED) is 0.0261. The van der Waals surface area contributed by atoms with Crippen molar-refractivity contribution in [3.8, 4) is 0 Å². The van der Waals surface area contributed by atoms with Crippen LogP contribution in [-0.4, -0.2) is 37.2 Å². The van der Waals surface area contributed by atoms with Gasteiger partial charge in [-0.1, -0.05) is 304 Å². The summed E-state index contributed by atoms with van der Waals surface area (Å²) in [6.45, 7) is 6.53. The highest BCUT2D eigenvalue weighted by Gasteiger charge is 2.19. The van der Waals surface area contributed by atoms with Gasteiger partial charge in [0.2, 0.25) is 0 Å². The zero-order valence-corrected chi connectivity index (χ0v) is 54.2. The molecule has 6 nitrogen and oxygen atoms in total. The standard InChI is InChI=1S/C76H132O6/c1-4-7-10-13-16-19-22-25-28-31-33-34-35-36-37-38-39-40-41-42-43-46-48-51-54-57-60-63-66-69-75(78)81-72-73(71-80-74(77)68-65-62-59-56-53-50-47-44-30-27-24-21-18-15-12-9-6-3)82-76(79)70-67-64-61-58-55-52-49-45-32-29-26-23-20-17-14-11-8-5-2/h9,12,18,20-23,25,27,29-33,35-36,73H,4-8,10-11,13-17,19,24,26,28,34,37-72H2,1-3H3/b12-9-,21-18-,23-20-,25-22-,30-27-,32-29-,33-31-,36-35-. The van der Waals surface area contributed by atoms with E-state index in [0.29, 0.717) is 19.3 Å². The van der Waals surface area contributed by atoms with E-state index in [9.17, 15) is 14.4 Å². The third-order valence-corrected chi connectivity index (χ3v) is 15.3. The van der Waals surface area contributed by atoms with Crippen molar-refractivity contribution in [2.45, 2.75) is 354 Å². The van der Waals surface area contributed by atoms with Crippen molar-refractivity contribution in [2.24, 2.45) is 0 Å². The van der Waals surface area contributed by atoms with E-state index in [1.54, 1.807) is 0 Å². The second-order valence-electron chi connectivity index (χ2n) is 23.4. The van der Waals surface area contributed by atoms with Gasteiger partial charge in [0.15, 0.2) is 6.10 Å². The predicted molar refractivity (Wildman–Crippen MR) is 357 cm³/mol. The first kappa shape index (κ1) is 78.3. The number of hydrogen-bond acceptors (Lipinski definition) is 6. The van der Waals surface area contributed by atoms with Gasteiger partial charge in [-0.05, 0) is 122 Å². The largest absolute Gasteiger partial charge is 0.462 e. The van der Waals surface area contributed by atoms with Gasteiger partial charge in [-0.2, -0.15) is 0 Å². The minimum absolute atomic E-state index is 0.0828. The van der Waals surface area contributed by atoms with E-state index >= 15 is 0 Å². The van der Waals surface area contributed by atoms with E-state index in [4.69, 9.17) is 14.2 Å². The van der Waals surface area contributed by atoms with E-state index in [0.717, 1.165) is 109 Å². The Morgan fingerprint density at radius 3 is 0.756 bits per heavy atom. The number of carbonyl (C=O) groups excluding carboxylic acids is 3. The molecule has 0 N–H and O–H groups in total. The fourth-order valence-corrected chi connectivity index (χ4v) is 10.0. The van der Waals surface area contributed by atoms with Gasteiger partial charge in [-0.3, -0.25) is 14.4 Å².